The minimum Gasteiger partial charge on any atom is -0.207 e. The average molecular weight is 262 g/mol. The quantitative estimate of drug-likeness (QED) is 0.659. The molecule has 3 unspecified atom stereocenters. The van der Waals surface area contributed by atoms with Gasteiger partial charge >= 0.3 is 0 Å². The fraction of sp³-hybridized carbons (Fsp3) is 0.529. The highest BCUT2D eigenvalue weighted by Crippen LogP contribution is 2.49. The number of fused-ring (bicyclic) bond motifs is 3. The SMILES string of the molecule is C=CCC1CCCC2c3cc(F)cc(F)c3CCC12. The summed E-state index contributed by atoms with van der Waals surface area (Å²) in [7, 11) is 0. The Morgan fingerprint density at radius 1 is 1.21 bits per heavy atom. The molecule has 2 heteroatoms. The first-order chi connectivity index (χ1) is 9.20. The predicted molar refractivity (Wildman–Crippen MR) is 73.1 cm³/mol. The molecule has 1 aromatic rings. The molecule has 19 heavy (non-hydrogen) atoms. The van der Waals surface area contributed by atoms with Gasteiger partial charge in [0, 0.05) is 6.07 Å². The minimum absolute atomic E-state index is 0.348. The number of halogens is 2. The molecule has 0 amide bonds. The fourth-order valence-electron chi connectivity index (χ4n) is 4.22. The summed E-state index contributed by atoms with van der Waals surface area (Å²) < 4.78 is 27.4. The maximum atomic E-state index is 13.9. The first-order valence-electron chi connectivity index (χ1n) is 7.29. The van der Waals surface area contributed by atoms with Gasteiger partial charge in [0.2, 0.25) is 0 Å². The number of hydrogen-bond acceptors (Lipinski definition) is 0. The van der Waals surface area contributed by atoms with Gasteiger partial charge in [-0.2, -0.15) is 0 Å². The van der Waals surface area contributed by atoms with Gasteiger partial charge in [-0.15, -0.1) is 6.58 Å². The van der Waals surface area contributed by atoms with E-state index in [1.165, 1.54) is 6.42 Å². The third-order valence-corrected chi connectivity index (χ3v) is 5.00. The molecule has 1 saturated carbocycles. The third-order valence-electron chi connectivity index (χ3n) is 5.00. The topological polar surface area (TPSA) is 0 Å². The number of allylic oxidation sites excluding steroid dienone is 1. The lowest BCUT2D eigenvalue weighted by Crippen LogP contribution is -2.31. The molecule has 0 bridgehead atoms. The Bertz CT molecular complexity index is 492. The summed E-state index contributed by atoms with van der Waals surface area (Å²) in [5, 5.41) is 0. The summed E-state index contributed by atoms with van der Waals surface area (Å²) in [6.45, 7) is 3.84. The molecule has 0 aliphatic heterocycles. The monoisotopic (exact) mass is 262 g/mol. The van der Waals surface area contributed by atoms with Crippen LogP contribution in [0.5, 0.6) is 0 Å². The lowest BCUT2D eigenvalue weighted by Gasteiger charge is -2.42. The smallest absolute Gasteiger partial charge is 0.129 e. The van der Waals surface area contributed by atoms with E-state index < -0.39 is 5.82 Å². The van der Waals surface area contributed by atoms with Crippen LogP contribution in [0.15, 0.2) is 24.8 Å². The fourth-order valence-corrected chi connectivity index (χ4v) is 4.22. The van der Waals surface area contributed by atoms with Gasteiger partial charge in [-0.1, -0.05) is 12.5 Å². The standard InChI is InChI=1S/C17H20F2/c1-2-4-11-5-3-6-14-13(11)7-8-15-16(14)9-12(18)10-17(15)19/h2,9-11,13-14H,1,3-8H2. The second-order valence-electron chi connectivity index (χ2n) is 5.98. The van der Waals surface area contributed by atoms with Gasteiger partial charge in [-0.25, -0.2) is 8.78 Å². The van der Waals surface area contributed by atoms with Gasteiger partial charge in [0.15, 0.2) is 0 Å². The number of rotatable bonds is 2. The number of benzene rings is 1. The molecule has 0 nitrogen and oxygen atoms in total. The van der Waals surface area contributed by atoms with Gasteiger partial charge < -0.3 is 0 Å². The molecule has 0 spiro atoms. The van der Waals surface area contributed by atoms with E-state index in [1.807, 2.05) is 6.08 Å². The van der Waals surface area contributed by atoms with Crippen LogP contribution in [0.25, 0.3) is 0 Å². The molecule has 0 heterocycles. The van der Waals surface area contributed by atoms with Crippen LogP contribution in [0.4, 0.5) is 8.78 Å². The van der Waals surface area contributed by atoms with Crippen molar-refractivity contribution in [3.63, 3.8) is 0 Å². The molecular weight excluding hydrogens is 242 g/mol. The zero-order chi connectivity index (χ0) is 13.4. The van der Waals surface area contributed by atoms with Crippen molar-refractivity contribution in [1.29, 1.82) is 0 Å². The molecule has 1 fully saturated rings. The largest absolute Gasteiger partial charge is 0.207 e. The molecule has 1 aromatic carbocycles. The van der Waals surface area contributed by atoms with Crippen molar-refractivity contribution in [2.45, 2.75) is 44.4 Å². The van der Waals surface area contributed by atoms with E-state index >= 15 is 0 Å². The summed E-state index contributed by atoms with van der Waals surface area (Å²) in [5.41, 5.74) is 1.71. The van der Waals surface area contributed by atoms with Crippen LogP contribution in [0.3, 0.4) is 0 Å². The van der Waals surface area contributed by atoms with Crippen molar-refractivity contribution in [2.75, 3.05) is 0 Å². The normalized spacial score (nSPS) is 29.5. The van der Waals surface area contributed by atoms with Crippen molar-refractivity contribution < 1.29 is 8.78 Å². The first-order valence-corrected chi connectivity index (χ1v) is 7.29. The Labute approximate surface area is 113 Å². The van der Waals surface area contributed by atoms with Crippen LogP contribution in [0, 0.1) is 23.5 Å². The molecular formula is C17H20F2. The molecule has 102 valence electrons. The van der Waals surface area contributed by atoms with Crippen LogP contribution in [0.2, 0.25) is 0 Å². The predicted octanol–water partition coefficient (Wildman–Crippen LogP) is 4.99. The lowest BCUT2D eigenvalue weighted by molar-refractivity contribution is 0.180. The molecule has 0 saturated heterocycles. The average Bonchev–Trinajstić information content (AvgIpc) is 2.39. The second-order valence-corrected chi connectivity index (χ2v) is 5.98. The molecule has 0 N–H and O–H groups in total. The van der Waals surface area contributed by atoms with Crippen LogP contribution >= 0.6 is 0 Å². The van der Waals surface area contributed by atoms with E-state index in [2.05, 4.69) is 6.58 Å². The molecule has 3 atom stereocenters. The van der Waals surface area contributed by atoms with E-state index in [4.69, 9.17) is 0 Å². The Morgan fingerprint density at radius 2 is 2.05 bits per heavy atom. The van der Waals surface area contributed by atoms with E-state index in [1.54, 1.807) is 6.07 Å². The maximum absolute atomic E-state index is 13.9. The summed E-state index contributed by atoms with van der Waals surface area (Å²) in [6, 6.07) is 2.61. The molecule has 2 aliphatic rings. The zero-order valence-electron chi connectivity index (χ0n) is 11.2. The van der Waals surface area contributed by atoms with E-state index in [9.17, 15) is 8.78 Å². The Kier molecular flexibility index (Phi) is 3.42. The minimum atomic E-state index is -0.428. The van der Waals surface area contributed by atoms with Crippen LogP contribution < -0.4 is 0 Å². The van der Waals surface area contributed by atoms with Crippen LogP contribution in [-0.2, 0) is 6.42 Å². The highest BCUT2D eigenvalue weighted by atomic mass is 19.1. The third kappa shape index (κ3) is 2.22. The van der Waals surface area contributed by atoms with Crippen molar-refractivity contribution in [3.8, 4) is 0 Å². The highest BCUT2D eigenvalue weighted by molar-refractivity contribution is 5.36. The van der Waals surface area contributed by atoms with E-state index in [-0.39, 0.29) is 5.82 Å². The Morgan fingerprint density at radius 3 is 2.84 bits per heavy atom. The lowest BCUT2D eigenvalue weighted by atomic mass is 9.63. The summed E-state index contributed by atoms with van der Waals surface area (Å²) in [4.78, 5) is 0. The second kappa shape index (κ2) is 5.07. The summed E-state index contributed by atoms with van der Waals surface area (Å²) in [5.74, 6) is 0.811. The van der Waals surface area contributed by atoms with Crippen molar-refractivity contribution in [2.24, 2.45) is 11.8 Å². The van der Waals surface area contributed by atoms with Gasteiger partial charge in [0.1, 0.15) is 11.6 Å². The van der Waals surface area contributed by atoms with Crippen LogP contribution in [0.1, 0.15) is 49.1 Å². The van der Waals surface area contributed by atoms with E-state index in [0.29, 0.717) is 17.8 Å². The van der Waals surface area contributed by atoms with Crippen molar-refractivity contribution in [3.05, 3.63) is 47.5 Å². The van der Waals surface area contributed by atoms with Crippen LogP contribution in [-0.4, -0.2) is 0 Å². The van der Waals surface area contributed by atoms with Crippen molar-refractivity contribution in [1.82, 2.24) is 0 Å². The maximum Gasteiger partial charge on any atom is 0.129 e. The van der Waals surface area contributed by atoms with E-state index in [0.717, 1.165) is 49.3 Å². The van der Waals surface area contributed by atoms with Gasteiger partial charge in [-0.05, 0) is 67.1 Å². The first kappa shape index (κ1) is 12.8. The van der Waals surface area contributed by atoms with Gasteiger partial charge in [0.05, 0.1) is 0 Å². The summed E-state index contributed by atoms with van der Waals surface area (Å²) in [6.07, 6.45) is 8.31. The van der Waals surface area contributed by atoms with Gasteiger partial charge in [-0.3, -0.25) is 0 Å². The Balaban J connectivity index is 1.98. The molecule has 0 radical (unpaired) electrons. The molecule has 2 aliphatic carbocycles. The zero-order valence-corrected chi connectivity index (χ0v) is 11.2. The van der Waals surface area contributed by atoms with Crippen molar-refractivity contribution >= 4 is 0 Å². The molecule has 3 rings (SSSR count). The Hall–Kier alpha value is -1.18. The summed E-state index contributed by atoms with van der Waals surface area (Å²) >= 11 is 0. The molecule has 0 aromatic heterocycles. The van der Waals surface area contributed by atoms with Gasteiger partial charge in [0.25, 0.3) is 0 Å². The number of hydrogen-bond donors (Lipinski definition) is 0. The highest BCUT2D eigenvalue weighted by Gasteiger charge is 2.38.